The van der Waals surface area contributed by atoms with Gasteiger partial charge in [0.25, 0.3) is 0 Å². The Kier molecular flexibility index (Phi) is 6.80. The Labute approximate surface area is 109 Å². The maximum atomic E-state index is 9.60. The Morgan fingerprint density at radius 1 is 1.53 bits per heavy atom. The van der Waals surface area contributed by atoms with Crippen LogP contribution in [0.25, 0.3) is 0 Å². The van der Waals surface area contributed by atoms with Gasteiger partial charge in [0.1, 0.15) is 0 Å². The summed E-state index contributed by atoms with van der Waals surface area (Å²) in [6, 6.07) is 5.02. The third kappa shape index (κ3) is 3.93. The van der Waals surface area contributed by atoms with Crippen LogP contribution in [0.15, 0.2) is 22.7 Å². The highest BCUT2D eigenvalue weighted by molar-refractivity contribution is 9.10. The Morgan fingerprint density at radius 3 is 2.67 bits per heavy atom. The molecule has 3 N–H and O–H groups in total. The average Bonchev–Trinajstić information content (AvgIpc) is 2.19. The highest BCUT2D eigenvalue weighted by atomic mass is 79.9. The second kappa shape index (κ2) is 6.71. The first-order chi connectivity index (χ1) is 6.56. The van der Waals surface area contributed by atoms with Crippen molar-refractivity contribution in [1.29, 1.82) is 0 Å². The van der Waals surface area contributed by atoms with E-state index in [4.69, 9.17) is 17.3 Å². The number of rotatable bonds is 3. The molecule has 0 saturated heterocycles. The summed E-state index contributed by atoms with van der Waals surface area (Å²) < 4.78 is 0.913. The molecule has 0 bridgehead atoms. The number of benzene rings is 1. The molecule has 0 aromatic heterocycles. The molecule has 1 aromatic carbocycles. The van der Waals surface area contributed by atoms with Crippen molar-refractivity contribution in [2.75, 3.05) is 0 Å². The van der Waals surface area contributed by atoms with E-state index >= 15 is 0 Å². The van der Waals surface area contributed by atoms with Crippen LogP contribution in [-0.2, 0) is 0 Å². The first-order valence-electron chi connectivity index (χ1n) is 4.44. The van der Waals surface area contributed by atoms with Gasteiger partial charge in [-0.3, -0.25) is 0 Å². The predicted molar refractivity (Wildman–Crippen MR) is 69.6 cm³/mol. The van der Waals surface area contributed by atoms with Gasteiger partial charge in [0.2, 0.25) is 0 Å². The molecule has 1 rings (SSSR count). The lowest BCUT2D eigenvalue weighted by Gasteiger charge is -2.18. The monoisotopic (exact) mass is 313 g/mol. The van der Waals surface area contributed by atoms with Crippen molar-refractivity contribution >= 4 is 39.9 Å². The smallest absolute Gasteiger partial charge is 0.0730 e. The fourth-order valence-corrected chi connectivity index (χ4v) is 1.85. The summed E-state index contributed by atoms with van der Waals surface area (Å²) in [6.07, 6.45) is 0.0612. The molecule has 0 heterocycles. The van der Waals surface area contributed by atoms with Gasteiger partial charge in [-0.05, 0) is 30.2 Å². The molecule has 0 aliphatic heterocycles. The standard InChI is InChI=1S/C10H13BrClNO.ClH/c1-2-9(14)10(13)7-5-6(11)3-4-8(7)12;/h3-5,9-10,14H,2,13H2,1H3;1H/t9-,10+;/m0./s1. The van der Waals surface area contributed by atoms with E-state index in [0.29, 0.717) is 11.4 Å². The maximum Gasteiger partial charge on any atom is 0.0730 e. The third-order valence-electron chi connectivity index (χ3n) is 2.15. The van der Waals surface area contributed by atoms with Gasteiger partial charge in [-0.25, -0.2) is 0 Å². The zero-order chi connectivity index (χ0) is 10.7. The van der Waals surface area contributed by atoms with Crippen LogP contribution in [-0.4, -0.2) is 11.2 Å². The molecule has 2 atom stereocenters. The summed E-state index contributed by atoms with van der Waals surface area (Å²) in [4.78, 5) is 0. The molecule has 0 radical (unpaired) electrons. The van der Waals surface area contributed by atoms with Crippen molar-refractivity contribution in [3.05, 3.63) is 33.3 Å². The largest absolute Gasteiger partial charge is 0.391 e. The second-order valence-electron chi connectivity index (χ2n) is 3.17. The van der Waals surface area contributed by atoms with E-state index < -0.39 is 12.1 Å². The molecule has 0 saturated carbocycles. The third-order valence-corrected chi connectivity index (χ3v) is 2.99. The van der Waals surface area contributed by atoms with Crippen LogP contribution in [0.5, 0.6) is 0 Å². The van der Waals surface area contributed by atoms with Gasteiger partial charge < -0.3 is 10.8 Å². The highest BCUT2D eigenvalue weighted by Crippen LogP contribution is 2.27. The summed E-state index contributed by atoms with van der Waals surface area (Å²) in [5.41, 5.74) is 6.64. The van der Waals surface area contributed by atoms with E-state index in [0.717, 1.165) is 10.0 Å². The van der Waals surface area contributed by atoms with Crippen LogP contribution in [0.3, 0.4) is 0 Å². The lowest BCUT2D eigenvalue weighted by atomic mass is 10.0. The molecule has 0 aliphatic rings. The number of hydrogen-bond acceptors (Lipinski definition) is 2. The van der Waals surface area contributed by atoms with Crippen LogP contribution < -0.4 is 5.73 Å². The van der Waals surface area contributed by atoms with Crippen LogP contribution >= 0.6 is 39.9 Å². The van der Waals surface area contributed by atoms with Gasteiger partial charge in [0.15, 0.2) is 0 Å². The molecule has 0 spiro atoms. The van der Waals surface area contributed by atoms with Gasteiger partial charge in [0, 0.05) is 9.50 Å². The van der Waals surface area contributed by atoms with E-state index in [9.17, 15) is 5.11 Å². The predicted octanol–water partition coefficient (Wildman–Crippen LogP) is 3.30. The summed E-state index contributed by atoms with van der Waals surface area (Å²) in [5.74, 6) is 0. The normalized spacial score (nSPS) is 14.2. The Hall–Kier alpha value is 0.200. The molecule has 1 aromatic rings. The average molecular weight is 315 g/mol. The minimum absolute atomic E-state index is 0. The van der Waals surface area contributed by atoms with Gasteiger partial charge in [0.05, 0.1) is 12.1 Å². The van der Waals surface area contributed by atoms with E-state index in [1.54, 1.807) is 6.07 Å². The van der Waals surface area contributed by atoms with Gasteiger partial charge >= 0.3 is 0 Å². The molecular formula is C10H14BrCl2NO. The molecule has 0 amide bonds. The van der Waals surface area contributed by atoms with Crippen molar-refractivity contribution in [3.63, 3.8) is 0 Å². The first-order valence-corrected chi connectivity index (χ1v) is 5.62. The fourth-order valence-electron chi connectivity index (χ4n) is 1.23. The first kappa shape index (κ1) is 15.2. The van der Waals surface area contributed by atoms with Crippen molar-refractivity contribution in [3.8, 4) is 0 Å². The minimum Gasteiger partial charge on any atom is -0.391 e. The van der Waals surface area contributed by atoms with Crippen molar-refractivity contribution in [2.45, 2.75) is 25.5 Å². The Morgan fingerprint density at radius 2 is 2.13 bits per heavy atom. The van der Waals surface area contributed by atoms with Gasteiger partial charge in [-0.15, -0.1) is 12.4 Å². The van der Waals surface area contributed by atoms with Crippen LogP contribution in [0.1, 0.15) is 24.9 Å². The lowest BCUT2D eigenvalue weighted by molar-refractivity contribution is 0.141. The lowest BCUT2D eigenvalue weighted by Crippen LogP contribution is -2.25. The number of aliphatic hydroxyl groups excluding tert-OH is 1. The molecular weight excluding hydrogens is 301 g/mol. The van der Waals surface area contributed by atoms with Crippen LogP contribution in [0, 0.1) is 0 Å². The quantitative estimate of drug-likeness (QED) is 0.899. The van der Waals surface area contributed by atoms with E-state index in [2.05, 4.69) is 15.9 Å². The van der Waals surface area contributed by atoms with E-state index in [1.807, 2.05) is 19.1 Å². The highest BCUT2D eigenvalue weighted by Gasteiger charge is 2.17. The zero-order valence-corrected chi connectivity index (χ0v) is 11.4. The summed E-state index contributed by atoms with van der Waals surface area (Å²) >= 11 is 9.32. The van der Waals surface area contributed by atoms with Crippen molar-refractivity contribution < 1.29 is 5.11 Å². The number of nitrogens with two attached hydrogens (primary N) is 1. The Balaban J connectivity index is 0.00000196. The number of hydrogen-bond donors (Lipinski definition) is 2. The summed E-state index contributed by atoms with van der Waals surface area (Å²) in [6.45, 7) is 1.89. The van der Waals surface area contributed by atoms with E-state index in [1.165, 1.54) is 0 Å². The maximum absolute atomic E-state index is 9.60. The molecule has 2 nitrogen and oxygen atoms in total. The second-order valence-corrected chi connectivity index (χ2v) is 4.49. The molecule has 0 aliphatic carbocycles. The fraction of sp³-hybridized carbons (Fsp3) is 0.400. The molecule has 5 heteroatoms. The molecule has 0 fully saturated rings. The van der Waals surface area contributed by atoms with Crippen LogP contribution in [0.4, 0.5) is 0 Å². The van der Waals surface area contributed by atoms with Crippen molar-refractivity contribution in [2.24, 2.45) is 5.73 Å². The van der Waals surface area contributed by atoms with E-state index in [-0.39, 0.29) is 12.4 Å². The molecule has 15 heavy (non-hydrogen) atoms. The van der Waals surface area contributed by atoms with Crippen molar-refractivity contribution in [1.82, 2.24) is 0 Å². The Bertz CT molecular complexity index is 322. The van der Waals surface area contributed by atoms with Crippen LogP contribution in [0.2, 0.25) is 5.02 Å². The molecule has 86 valence electrons. The zero-order valence-electron chi connectivity index (χ0n) is 8.28. The van der Waals surface area contributed by atoms with Gasteiger partial charge in [-0.1, -0.05) is 34.5 Å². The summed E-state index contributed by atoms with van der Waals surface area (Å²) in [5, 5.41) is 10.2. The SMILES string of the molecule is CC[C@H](O)[C@H](N)c1cc(Br)ccc1Cl.Cl. The van der Waals surface area contributed by atoms with Gasteiger partial charge in [-0.2, -0.15) is 0 Å². The number of halogens is 3. The molecule has 0 unspecified atom stereocenters. The topological polar surface area (TPSA) is 46.2 Å². The summed E-state index contributed by atoms with van der Waals surface area (Å²) in [7, 11) is 0. The minimum atomic E-state index is -0.554. The number of aliphatic hydroxyl groups is 1.